The minimum Gasteiger partial charge on any atom is -0.495 e. The van der Waals surface area contributed by atoms with Crippen LogP contribution in [-0.2, 0) is 4.79 Å². The number of carbonyl (C=O) groups excluding carboxylic acids is 2. The number of nitrogens with one attached hydrogen (secondary N) is 2. The van der Waals surface area contributed by atoms with Gasteiger partial charge in [0.1, 0.15) is 10.8 Å². The lowest BCUT2D eigenvalue weighted by atomic mass is 10.2. The second-order valence-electron chi connectivity index (χ2n) is 4.85. The summed E-state index contributed by atoms with van der Waals surface area (Å²) in [6.45, 7) is 2.71. The Morgan fingerprint density at radius 2 is 2.29 bits per heavy atom. The second kappa shape index (κ2) is 6.67. The van der Waals surface area contributed by atoms with E-state index >= 15 is 0 Å². The fourth-order valence-electron chi connectivity index (χ4n) is 2.16. The fourth-order valence-corrected chi connectivity index (χ4v) is 2.41. The number of urea groups is 1. The molecule has 1 unspecified atom stereocenters. The standard InChI is InChI=1S/C14H18ClN3O3/c1-9-8-16-12(19)6-7-18(9)14(20)17-10-4-3-5-11(21-2)13(10)15/h3-5,9H,6-8H2,1-2H3,(H,16,19)(H,17,20). The Morgan fingerprint density at radius 3 is 3.00 bits per heavy atom. The van der Waals surface area contributed by atoms with Gasteiger partial charge in [0, 0.05) is 25.6 Å². The van der Waals surface area contributed by atoms with E-state index in [2.05, 4.69) is 10.6 Å². The molecule has 0 radical (unpaired) electrons. The summed E-state index contributed by atoms with van der Waals surface area (Å²) >= 11 is 6.16. The van der Waals surface area contributed by atoms with Gasteiger partial charge in [0.2, 0.25) is 5.91 Å². The van der Waals surface area contributed by atoms with Gasteiger partial charge in [0.05, 0.1) is 12.8 Å². The Bertz CT molecular complexity index is 550. The van der Waals surface area contributed by atoms with Crippen LogP contribution in [0.5, 0.6) is 5.75 Å². The minimum atomic E-state index is -0.283. The quantitative estimate of drug-likeness (QED) is 0.878. The predicted octanol–water partition coefficient (Wildman–Crippen LogP) is 2.09. The van der Waals surface area contributed by atoms with E-state index in [-0.39, 0.29) is 18.0 Å². The molecule has 1 aromatic carbocycles. The van der Waals surface area contributed by atoms with Crippen molar-refractivity contribution in [2.45, 2.75) is 19.4 Å². The number of amides is 3. The lowest BCUT2D eigenvalue weighted by molar-refractivity contribution is -0.120. The minimum absolute atomic E-state index is 0.0448. The number of hydrogen-bond donors (Lipinski definition) is 2. The molecule has 0 bridgehead atoms. The number of halogens is 1. The summed E-state index contributed by atoms with van der Waals surface area (Å²) < 4.78 is 5.12. The normalized spacial score (nSPS) is 18.7. The molecule has 1 fully saturated rings. The predicted molar refractivity (Wildman–Crippen MR) is 80.8 cm³/mol. The van der Waals surface area contributed by atoms with Gasteiger partial charge in [-0.05, 0) is 19.1 Å². The zero-order valence-electron chi connectivity index (χ0n) is 12.0. The van der Waals surface area contributed by atoms with Gasteiger partial charge in [-0.3, -0.25) is 4.79 Å². The molecular formula is C14H18ClN3O3. The molecule has 2 rings (SSSR count). The summed E-state index contributed by atoms with van der Waals surface area (Å²) in [7, 11) is 1.51. The summed E-state index contributed by atoms with van der Waals surface area (Å²) in [6.07, 6.45) is 0.295. The van der Waals surface area contributed by atoms with Crippen molar-refractivity contribution >= 4 is 29.2 Å². The second-order valence-corrected chi connectivity index (χ2v) is 5.23. The topological polar surface area (TPSA) is 70.7 Å². The molecule has 0 spiro atoms. The van der Waals surface area contributed by atoms with Crippen molar-refractivity contribution in [2.24, 2.45) is 0 Å². The summed E-state index contributed by atoms with van der Waals surface area (Å²) in [6, 6.07) is 4.80. The van der Waals surface area contributed by atoms with Gasteiger partial charge in [-0.15, -0.1) is 0 Å². The van der Waals surface area contributed by atoms with Crippen LogP contribution >= 0.6 is 11.6 Å². The zero-order chi connectivity index (χ0) is 15.4. The van der Waals surface area contributed by atoms with Crippen LogP contribution in [0.4, 0.5) is 10.5 Å². The number of benzene rings is 1. The molecule has 1 aromatic rings. The third-order valence-electron chi connectivity index (χ3n) is 3.39. The Kier molecular flexibility index (Phi) is 4.90. The zero-order valence-corrected chi connectivity index (χ0v) is 12.7. The van der Waals surface area contributed by atoms with Crippen molar-refractivity contribution in [3.8, 4) is 5.75 Å². The molecule has 1 saturated heterocycles. The van der Waals surface area contributed by atoms with Crippen LogP contribution in [0, 0.1) is 0 Å². The number of nitrogens with zero attached hydrogens (tertiary/aromatic N) is 1. The van der Waals surface area contributed by atoms with Crippen molar-refractivity contribution in [2.75, 3.05) is 25.5 Å². The molecule has 6 nitrogen and oxygen atoms in total. The Labute approximate surface area is 128 Å². The molecule has 7 heteroatoms. The lowest BCUT2D eigenvalue weighted by Gasteiger charge is -2.26. The summed E-state index contributed by atoms with van der Waals surface area (Å²) in [5.41, 5.74) is 0.483. The van der Waals surface area contributed by atoms with Crippen LogP contribution in [0.3, 0.4) is 0 Å². The molecule has 1 heterocycles. The molecule has 114 valence electrons. The van der Waals surface area contributed by atoms with Crippen LogP contribution < -0.4 is 15.4 Å². The van der Waals surface area contributed by atoms with Crippen molar-refractivity contribution in [1.82, 2.24) is 10.2 Å². The van der Waals surface area contributed by atoms with E-state index in [0.29, 0.717) is 36.0 Å². The van der Waals surface area contributed by atoms with Gasteiger partial charge < -0.3 is 20.3 Å². The maximum atomic E-state index is 12.4. The Balaban J connectivity index is 2.12. The highest BCUT2D eigenvalue weighted by Crippen LogP contribution is 2.31. The molecule has 1 atom stereocenters. The van der Waals surface area contributed by atoms with Crippen LogP contribution in [0.15, 0.2) is 18.2 Å². The van der Waals surface area contributed by atoms with Gasteiger partial charge in [-0.25, -0.2) is 4.79 Å². The summed E-state index contributed by atoms with van der Waals surface area (Å²) in [5, 5.41) is 5.88. The average Bonchev–Trinajstić information content (AvgIpc) is 2.63. The SMILES string of the molecule is COc1cccc(NC(=O)N2CCC(=O)NCC2C)c1Cl. The van der Waals surface area contributed by atoms with Crippen molar-refractivity contribution < 1.29 is 14.3 Å². The maximum absolute atomic E-state index is 12.4. The van der Waals surface area contributed by atoms with Gasteiger partial charge in [-0.1, -0.05) is 17.7 Å². The number of ether oxygens (including phenoxy) is 1. The monoisotopic (exact) mass is 311 g/mol. The van der Waals surface area contributed by atoms with E-state index in [1.165, 1.54) is 7.11 Å². The maximum Gasteiger partial charge on any atom is 0.322 e. The van der Waals surface area contributed by atoms with Crippen LogP contribution in [0.1, 0.15) is 13.3 Å². The van der Waals surface area contributed by atoms with E-state index < -0.39 is 0 Å². The molecule has 1 aliphatic heterocycles. The molecular weight excluding hydrogens is 294 g/mol. The number of hydrogen-bond acceptors (Lipinski definition) is 3. The van der Waals surface area contributed by atoms with Crippen LogP contribution in [0.2, 0.25) is 5.02 Å². The number of rotatable bonds is 2. The number of methoxy groups -OCH3 is 1. The summed E-state index contributed by atoms with van der Waals surface area (Å²) in [5.74, 6) is 0.451. The highest BCUT2D eigenvalue weighted by molar-refractivity contribution is 6.35. The van der Waals surface area contributed by atoms with Crippen LogP contribution in [0.25, 0.3) is 0 Å². The highest BCUT2D eigenvalue weighted by Gasteiger charge is 2.25. The first-order valence-corrected chi connectivity index (χ1v) is 7.07. The van der Waals surface area contributed by atoms with E-state index in [4.69, 9.17) is 16.3 Å². The third-order valence-corrected chi connectivity index (χ3v) is 3.78. The summed E-state index contributed by atoms with van der Waals surface area (Å²) in [4.78, 5) is 25.4. The van der Waals surface area contributed by atoms with E-state index in [0.717, 1.165) is 0 Å². The first-order chi connectivity index (χ1) is 10.0. The molecule has 0 saturated carbocycles. The molecule has 1 aliphatic rings. The number of anilines is 1. The fraction of sp³-hybridized carbons (Fsp3) is 0.429. The van der Waals surface area contributed by atoms with Gasteiger partial charge in [0.25, 0.3) is 0 Å². The van der Waals surface area contributed by atoms with Gasteiger partial charge in [0.15, 0.2) is 0 Å². The van der Waals surface area contributed by atoms with E-state index in [1.807, 2.05) is 6.92 Å². The molecule has 0 aromatic heterocycles. The Hall–Kier alpha value is -1.95. The molecule has 0 aliphatic carbocycles. The highest BCUT2D eigenvalue weighted by atomic mass is 35.5. The van der Waals surface area contributed by atoms with Crippen molar-refractivity contribution in [3.63, 3.8) is 0 Å². The largest absolute Gasteiger partial charge is 0.495 e. The van der Waals surface area contributed by atoms with E-state index in [1.54, 1.807) is 23.1 Å². The molecule has 21 heavy (non-hydrogen) atoms. The van der Waals surface area contributed by atoms with Gasteiger partial charge in [-0.2, -0.15) is 0 Å². The third kappa shape index (κ3) is 3.58. The smallest absolute Gasteiger partial charge is 0.322 e. The Morgan fingerprint density at radius 1 is 1.52 bits per heavy atom. The van der Waals surface area contributed by atoms with Crippen molar-refractivity contribution in [1.29, 1.82) is 0 Å². The first-order valence-electron chi connectivity index (χ1n) is 6.69. The molecule has 3 amide bonds. The first kappa shape index (κ1) is 15.4. The van der Waals surface area contributed by atoms with Crippen molar-refractivity contribution in [3.05, 3.63) is 23.2 Å². The van der Waals surface area contributed by atoms with Crippen LogP contribution in [-0.4, -0.2) is 43.1 Å². The van der Waals surface area contributed by atoms with Gasteiger partial charge >= 0.3 is 6.03 Å². The van der Waals surface area contributed by atoms with E-state index in [9.17, 15) is 9.59 Å². The molecule has 2 N–H and O–H groups in total. The average molecular weight is 312 g/mol. The number of carbonyl (C=O) groups is 2. The lowest BCUT2D eigenvalue weighted by Crippen LogP contribution is -2.44.